The van der Waals surface area contributed by atoms with Gasteiger partial charge in [0, 0.05) is 23.5 Å². The lowest BCUT2D eigenvalue weighted by Crippen LogP contribution is -2.19. The van der Waals surface area contributed by atoms with Crippen LogP contribution in [0.2, 0.25) is 0 Å². The van der Waals surface area contributed by atoms with Gasteiger partial charge in [-0.1, -0.05) is 6.07 Å². The van der Waals surface area contributed by atoms with E-state index in [0.717, 1.165) is 0 Å². The van der Waals surface area contributed by atoms with E-state index in [9.17, 15) is 9.59 Å². The third-order valence-electron chi connectivity index (χ3n) is 2.85. The lowest BCUT2D eigenvalue weighted by molar-refractivity contribution is 0.0528. The number of hydrogen-bond donors (Lipinski definition) is 0. The summed E-state index contributed by atoms with van der Waals surface area (Å²) in [5.41, 5.74) is 0.357. The zero-order chi connectivity index (χ0) is 13.1. The van der Waals surface area contributed by atoms with Gasteiger partial charge < -0.3 is 9.30 Å². The average Bonchev–Trinajstić information content (AvgIpc) is 2.39. The summed E-state index contributed by atoms with van der Waals surface area (Å²) in [6.45, 7) is 4.59. The number of hydrogen-bond acceptors (Lipinski definition) is 3. The smallest absolute Gasteiger partial charge is 0.338 e. The van der Waals surface area contributed by atoms with Gasteiger partial charge in [-0.15, -0.1) is 0 Å². The highest BCUT2D eigenvalue weighted by Crippen LogP contribution is 2.16. The lowest BCUT2D eigenvalue weighted by Gasteiger charge is -2.08. The molecule has 94 valence electrons. The topological polar surface area (TPSA) is 48.3 Å². The molecule has 0 saturated carbocycles. The summed E-state index contributed by atoms with van der Waals surface area (Å²) in [6.07, 6.45) is 1.70. The number of benzene rings is 1. The number of carbonyl (C=O) groups is 1. The highest BCUT2D eigenvalue weighted by Gasteiger charge is 2.12. The first kappa shape index (κ1) is 12.4. The molecule has 0 amide bonds. The molecule has 18 heavy (non-hydrogen) atoms. The van der Waals surface area contributed by atoms with Crippen molar-refractivity contribution in [3.05, 3.63) is 46.4 Å². The van der Waals surface area contributed by atoms with Crippen molar-refractivity contribution in [2.45, 2.75) is 20.4 Å². The van der Waals surface area contributed by atoms with Crippen LogP contribution in [0.3, 0.4) is 0 Å². The van der Waals surface area contributed by atoms with E-state index in [1.54, 1.807) is 42.0 Å². The Hall–Kier alpha value is -2.10. The molecule has 0 spiro atoms. The second-order valence-electron chi connectivity index (χ2n) is 3.89. The Morgan fingerprint density at radius 1 is 1.22 bits per heavy atom. The maximum absolute atomic E-state index is 12.1. The average molecular weight is 245 g/mol. The molecule has 0 fully saturated rings. The first-order valence-corrected chi connectivity index (χ1v) is 5.98. The number of aryl methyl sites for hydroxylation is 1. The minimum absolute atomic E-state index is 0.0823. The second-order valence-corrected chi connectivity index (χ2v) is 3.89. The summed E-state index contributed by atoms with van der Waals surface area (Å²) in [5.74, 6) is -0.392. The number of rotatable bonds is 3. The van der Waals surface area contributed by atoms with Crippen LogP contribution in [-0.4, -0.2) is 17.1 Å². The molecule has 2 aromatic rings. The molecule has 0 unspecified atom stereocenters. The molecule has 0 saturated heterocycles. The SMILES string of the molecule is CCOC(=O)c1cccc2c(=O)n(CC)ccc12. The molecule has 4 nitrogen and oxygen atoms in total. The van der Waals surface area contributed by atoms with E-state index in [1.165, 1.54) is 0 Å². The Balaban J connectivity index is 2.68. The number of aromatic nitrogens is 1. The van der Waals surface area contributed by atoms with Crippen molar-refractivity contribution in [3.8, 4) is 0 Å². The van der Waals surface area contributed by atoms with Gasteiger partial charge in [-0.2, -0.15) is 0 Å². The van der Waals surface area contributed by atoms with Crippen LogP contribution in [0.4, 0.5) is 0 Å². The normalized spacial score (nSPS) is 10.6. The number of ether oxygens (including phenoxy) is 1. The summed E-state index contributed by atoms with van der Waals surface area (Å²) >= 11 is 0. The molecule has 1 aromatic heterocycles. The van der Waals surface area contributed by atoms with Crippen molar-refractivity contribution in [1.82, 2.24) is 4.57 Å². The van der Waals surface area contributed by atoms with E-state index in [0.29, 0.717) is 29.5 Å². The Morgan fingerprint density at radius 2 is 2.00 bits per heavy atom. The second kappa shape index (κ2) is 5.04. The number of carbonyl (C=O) groups excluding carboxylic acids is 1. The van der Waals surface area contributed by atoms with Gasteiger partial charge in [-0.3, -0.25) is 4.79 Å². The highest BCUT2D eigenvalue weighted by atomic mass is 16.5. The van der Waals surface area contributed by atoms with E-state index in [4.69, 9.17) is 4.74 Å². The highest BCUT2D eigenvalue weighted by molar-refractivity contribution is 6.04. The summed E-state index contributed by atoms with van der Waals surface area (Å²) < 4.78 is 6.59. The fourth-order valence-corrected chi connectivity index (χ4v) is 1.95. The molecule has 0 radical (unpaired) electrons. The Morgan fingerprint density at radius 3 is 2.67 bits per heavy atom. The molecule has 4 heteroatoms. The molecule has 0 aliphatic rings. The summed E-state index contributed by atoms with van der Waals surface area (Å²) in [7, 11) is 0. The van der Waals surface area contributed by atoms with Gasteiger partial charge in [0.1, 0.15) is 0 Å². The Bertz CT molecular complexity index is 643. The summed E-state index contributed by atoms with van der Waals surface area (Å²) in [5, 5.41) is 1.19. The van der Waals surface area contributed by atoms with Crippen LogP contribution in [0.15, 0.2) is 35.3 Å². The van der Waals surface area contributed by atoms with Crippen molar-refractivity contribution in [2.75, 3.05) is 6.61 Å². The van der Waals surface area contributed by atoms with Gasteiger partial charge in [0.05, 0.1) is 12.2 Å². The molecule has 2 rings (SSSR count). The predicted octanol–water partition coefficient (Wildman–Crippen LogP) is 2.20. The third-order valence-corrected chi connectivity index (χ3v) is 2.85. The molecular formula is C14H15NO3. The molecule has 1 aromatic carbocycles. The van der Waals surface area contributed by atoms with Crippen molar-refractivity contribution >= 4 is 16.7 Å². The summed E-state index contributed by atoms with van der Waals surface area (Å²) in [6, 6.07) is 6.89. The van der Waals surface area contributed by atoms with Crippen LogP contribution >= 0.6 is 0 Å². The molecule has 0 aliphatic heterocycles. The maximum Gasteiger partial charge on any atom is 0.338 e. The molecule has 1 heterocycles. The van der Waals surface area contributed by atoms with E-state index >= 15 is 0 Å². The fraction of sp³-hybridized carbons (Fsp3) is 0.286. The van der Waals surface area contributed by atoms with E-state index in [-0.39, 0.29) is 5.56 Å². The minimum atomic E-state index is -0.392. The van der Waals surface area contributed by atoms with Crippen LogP contribution in [-0.2, 0) is 11.3 Å². The standard InChI is InChI=1S/C14H15NO3/c1-3-15-9-8-10-11(13(15)16)6-5-7-12(10)14(17)18-4-2/h5-9H,3-4H2,1-2H3. The van der Waals surface area contributed by atoms with Crippen LogP contribution in [0.25, 0.3) is 10.8 Å². The van der Waals surface area contributed by atoms with E-state index in [2.05, 4.69) is 0 Å². The van der Waals surface area contributed by atoms with Gasteiger partial charge in [0.2, 0.25) is 0 Å². The number of fused-ring (bicyclic) bond motifs is 1. The molecular weight excluding hydrogens is 230 g/mol. The third kappa shape index (κ3) is 2.01. The van der Waals surface area contributed by atoms with E-state index < -0.39 is 5.97 Å². The maximum atomic E-state index is 12.1. The van der Waals surface area contributed by atoms with Gasteiger partial charge in [-0.25, -0.2) is 4.79 Å². The first-order chi connectivity index (χ1) is 8.69. The van der Waals surface area contributed by atoms with Crippen LogP contribution in [0.5, 0.6) is 0 Å². The first-order valence-electron chi connectivity index (χ1n) is 5.98. The zero-order valence-corrected chi connectivity index (χ0v) is 10.5. The molecule has 0 bridgehead atoms. The molecule has 0 N–H and O–H groups in total. The lowest BCUT2D eigenvalue weighted by atomic mass is 10.1. The van der Waals surface area contributed by atoms with Crippen LogP contribution in [0.1, 0.15) is 24.2 Å². The van der Waals surface area contributed by atoms with Crippen molar-refractivity contribution in [2.24, 2.45) is 0 Å². The quantitative estimate of drug-likeness (QED) is 0.779. The van der Waals surface area contributed by atoms with Crippen LogP contribution in [0, 0.1) is 0 Å². The number of pyridine rings is 1. The monoisotopic (exact) mass is 245 g/mol. The molecule has 0 aliphatic carbocycles. The van der Waals surface area contributed by atoms with Gasteiger partial charge in [0.15, 0.2) is 0 Å². The zero-order valence-electron chi connectivity index (χ0n) is 10.5. The van der Waals surface area contributed by atoms with Gasteiger partial charge in [0.25, 0.3) is 5.56 Å². The number of esters is 1. The molecule has 0 atom stereocenters. The van der Waals surface area contributed by atoms with Crippen molar-refractivity contribution < 1.29 is 9.53 Å². The minimum Gasteiger partial charge on any atom is -0.462 e. The van der Waals surface area contributed by atoms with Crippen molar-refractivity contribution in [1.29, 1.82) is 0 Å². The summed E-state index contributed by atoms with van der Waals surface area (Å²) in [4.78, 5) is 23.9. The number of nitrogens with zero attached hydrogens (tertiary/aromatic N) is 1. The van der Waals surface area contributed by atoms with Crippen LogP contribution < -0.4 is 5.56 Å². The van der Waals surface area contributed by atoms with Gasteiger partial charge in [-0.05, 0) is 32.0 Å². The van der Waals surface area contributed by atoms with E-state index in [1.807, 2.05) is 6.92 Å². The van der Waals surface area contributed by atoms with Gasteiger partial charge >= 0.3 is 5.97 Å². The largest absolute Gasteiger partial charge is 0.462 e. The fourth-order valence-electron chi connectivity index (χ4n) is 1.95. The Kier molecular flexibility index (Phi) is 3.46. The Labute approximate surface area is 105 Å². The predicted molar refractivity (Wildman–Crippen MR) is 69.8 cm³/mol. The van der Waals surface area contributed by atoms with Crippen molar-refractivity contribution in [3.63, 3.8) is 0 Å².